The molecule has 1 fully saturated rings. The van der Waals surface area contributed by atoms with Crippen molar-refractivity contribution in [2.75, 3.05) is 27.3 Å². The number of tetrazole rings is 1. The van der Waals surface area contributed by atoms with Gasteiger partial charge in [-0.3, -0.25) is 0 Å². The Bertz CT molecular complexity index is 1120. The van der Waals surface area contributed by atoms with Gasteiger partial charge >= 0.3 is 0 Å². The van der Waals surface area contributed by atoms with Crippen LogP contribution in [0.25, 0.3) is 5.69 Å². The third-order valence-corrected chi connectivity index (χ3v) is 7.41. The molecule has 0 aliphatic carbocycles. The highest BCUT2D eigenvalue weighted by Crippen LogP contribution is 2.31. The van der Waals surface area contributed by atoms with Gasteiger partial charge in [-0.15, -0.1) is 5.10 Å². The highest BCUT2D eigenvalue weighted by molar-refractivity contribution is 7.98. The van der Waals surface area contributed by atoms with E-state index in [2.05, 4.69) is 15.5 Å². The summed E-state index contributed by atoms with van der Waals surface area (Å²) in [7, 11) is -0.438. The number of hydrogen-bond acceptors (Lipinski definition) is 9. The number of ether oxygens (including phenoxy) is 2. The molecule has 0 unspecified atom stereocenters. The first-order valence-corrected chi connectivity index (χ1v) is 11.7. The van der Waals surface area contributed by atoms with Crippen LogP contribution >= 0.6 is 11.8 Å². The first-order valence-electron chi connectivity index (χ1n) is 9.25. The van der Waals surface area contributed by atoms with E-state index in [0.717, 1.165) is 12.8 Å². The number of methoxy groups -OCH3 is 2. The Labute approximate surface area is 178 Å². The summed E-state index contributed by atoms with van der Waals surface area (Å²) in [5, 5.41) is 12.3. The van der Waals surface area contributed by atoms with Gasteiger partial charge < -0.3 is 13.9 Å². The predicted molar refractivity (Wildman–Crippen MR) is 109 cm³/mol. The molecule has 1 aliphatic heterocycles. The number of thioether (sulfide) groups is 1. The normalized spacial score (nSPS) is 14.9. The molecule has 0 N–H and O–H groups in total. The average molecular weight is 452 g/mol. The minimum Gasteiger partial charge on any atom is -0.497 e. The Balaban J connectivity index is 1.52. The summed E-state index contributed by atoms with van der Waals surface area (Å²) in [6.07, 6.45) is 1.75. The van der Waals surface area contributed by atoms with E-state index in [1.165, 1.54) is 26.8 Å². The maximum atomic E-state index is 12.6. The van der Waals surface area contributed by atoms with Crippen molar-refractivity contribution in [3.63, 3.8) is 0 Å². The first kappa shape index (κ1) is 20.7. The maximum absolute atomic E-state index is 12.6. The zero-order valence-electron chi connectivity index (χ0n) is 16.5. The highest BCUT2D eigenvalue weighted by atomic mass is 32.2. The second kappa shape index (κ2) is 8.66. The predicted octanol–water partition coefficient (Wildman–Crippen LogP) is 2.35. The molecule has 0 bridgehead atoms. The van der Waals surface area contributed by atoms with Crippen molar-refractivity contribution in [3.8, 4) is 17.2 Å². The zero-order valence-corrected chi connectivity index (χ0v) is 18.1. The van der Waals surface area contributed by atoms with Crippen LogP contribution in [-0.2, 0) is 15.8 Å². The van der Waals surface area contributed by atoms with Crippen LogP contribution in [0.5, 0.6) is 11.5 Å². The molecule has 4 rings (SSSR count). The van der Waals surface area contributed by atoms with Gasteiger partial charge in [0.25, 0.3) is 10.0 Å². The maximum Gasteiger partial charge on any atom is 0.276 e. The number of benzene rings is 1. The fraction of sp³-hybridized carbons (Fsp3) is 0.389. The first-order chi connectivity index (χ1) is 14.5. The molecule has 160 valence electrons. The van der Waals surface area contributed by atoms with Crippen molar-refractivity contribution in [1.29, 1.82) is 0 Å². The standard InChI is InChI=1S/C18H21N5O5S2/c1-26-13-5-7-16(27-2)15(11-13)23-18(19-20-21-23)29-12-14-6-8-17(28-14)30(24,25)22-9-3-4-10-22/h5-8,11H,3-4,9-10,12H2,1-2H3. The topological polar surface area (TPSA) is 113 Å². The fourth-order valence-corrected chi connectivity index (χ4v) is 5.37. The van der Waals surface area contributed by atoms with E-state index in [1.807, 2.05) is 0 Å². The third kappa shape index (κ3) is 4.02. The smallest absolute Gasteiger partial charge is 0.276 e. The van der Waals surface area contributed by atoms with E-state index in [0.29, 0.717) is 46.9 Å². The van der Waals surface area contributed by atoms with Crippen molar-refractivity contribution in [2.24, 2.45) is 0 Å². The molecular weight excluding hydrogens is 430 g/mol. The zero-order chi connectivity index (χ0) is 21.1. The molecule has 0 saturated carbocycles. The number of furan rings is 1. The van der Waals surface area contributed by atoms with Crippen LogP contribution in [0.15, 0.2) is 45.0 Å². The van der Waals surface area contributed by atoms with E-state index in [4.69, 9.17) is 13.9 Å². The van der Waals surface area contributed by atoms with Gasteiger partial charge in [-0.1, -0.05) is 11.8 Å². The average Bonchev–Trinajstić information content (AvgIpc) is 3.53. The van der Waals surface area contributed by atoms with E-state index >= 15 is 0 Å². The van der Waals surface area contributed by atoms with Crippen LogP contribution in [0.2, 0.25) is 0 Å². The monoisotopic (exact) mass is 451 g/mol. The lowest BCUT2D eigenvalue weighted by molar-refractivity contribution is 0.396. The molecule has 10 nitrogen and oxygen atoms in total. The van der Waals surface area contributed by atoms with E-state index < -0.39 is 10.0 Å². The third-order valence-electron chi connectivity index (χ3n) is 4.69. The van der Waals surface area contributed by atoms with Gasteiger partial charge in [0.05, 0.1) is 20.0 Å². The van der Waals surface area contributed by atoms with Gasteiger partial charge in [-0.05, 0) is 47.5 Å². The summed E-state index contributed by atoms with van der Waals surface area (Å²) >= 11 is 1.32. The van der Waals surface area contributed by atoms with Crippen LogP contribution in [0.1, 0.15) is 18.6 Å². The molecule has 0 atom stereocenters. The summed E-state index contributed by atoms with van der Waals surface area (Å²) < 4.78 is 44.5. The van der Waals surface area contributed by atoms with Crippen molar-refractivity contribution < 1.29 is 22.3 Å². The van der Waals surface area contributed by atoms with E-state index in [-0.39, 0.29) is 5.09 Å². The quantitative estimate of drug-likeness (QED) is 0.476. The summed E-state index contributed by atoms with van der Waals surface area (Å²) in [5.74, 6) is 2.11. The van der Waals surface area contributed by atoms with E-state index in [9.17, 15) is 8.42 Å². The number of sulfonamides is 1. The lowest BCUT2D eigenvalue weighted by atomic mass is 10.3. The van der Waals surface area contributed by atoms with Crippen LogP contribution in [0.4, 0.5) is 0 Å². The summed E-state index contributed by atoms with van der Waals surface area (Å²) in [5.41, 5.74) is 0.626. The van der Waals surface area contributed by atoms with Crippen molar-refractivity contribution in [2.45, 2.75) is 28.8 Å². The van der Waals surface area contributed by atoms with Gasteiger partial charge in [0.2, 0.25) is 10.2 Å². The highest BCUT2D eigenvalue weighted by Gasteiger charge is 2.30. The molecule has 1 aromatic carbocycles. The van der Waals surface area contributed by atoms with Crippen LogP contribution < -0.4 is 9.47 Å². The van der Waals surface area contributed by atoms with Gasteiger partial charge in [0.1, 0.15) is 22.9 Å². The second-order valence-corrected chi connectivity index (χ2v) is 9.34. The van der Waals surface area contributed by atoms with Gasteiger partial charge in [0, 0.05) is 19.2 Å². The van der Waals surface area contributed by atoms with Crippen molar-refractivity contribution in [3.05, 3.63) is 36.1 Å². The van der Waals surface area contributed by atoms with Gasteiger partial charge in [-0.2, -0.15) is 8.99 Å². The van der Waals surface area contributed by atoms with Crippen LogP contribution in [-0.4, -0.2) is 60.2 Å². The Morgan fingerprint density at radius 1 is 1.13 bits per heavy atom. The Morgan fingerprint density at radius 2 is 1.93 bits per heavy atom. The molecule has 1 saturated heterocycles. The van der Waals surface area contributed by atoms with Crippen molar-refractivity contribution >= 4 is 21.8 Å². The Morgan fingerprint density at radius 3 is 2.67 bits per heavy atom. The number of aromatic nitrogens is 4. The molecule has 3 heterocycles. The van der Waals surface area contributed by atoms with E-state index in [1.54, 1.807) is 38.5 Å². The SMILES string of the molecule is COc1ccc(OC)c(-n2nnnc2SCc2ccc(S(=O)(=O)N3CCCC3)o2)c1. The summed E-state index contributed by atoms with van der Waals surface area (Å²) in [6.45, 7) is 1.06. The Hall–Kier alpha value is -2.57. The Kier molecular flexibility index (Phi) is 5.97. The molecule has 0 spiro atoms. The fourth-order valence-electron chi connectivity index (χ4n) is 3.15. The van der Waals surface area contributed by atoms with Gasteiger partial charge in [-0.25, -0.2) is 8.42 Å². The van der Waals surface area contributed by atoms with Crippen LogP contribution in [0, 0.1) is 0 Å². The molecule has 3 aromatic rings. The molecule has 0 amide bonds. The van der Waals surface area contributed by atoms with Gasteiger partial charge in [0.15, 0.2) is 0 Å². The number of hydrogen-bond donors (Lipinski definition) is 0. The minimum atomic E-state index is -3.58. The number of nitrogens with zero attached hydrogens (tertiary/aromatic N) is 5. The number of rotatable bonds is 8. The molecule has 30 heavy (non-hydrogen) atoms. The molecular formula is C18H21N5O5S2. The molecule has 1 aliphatic rings. The molecule has 12 heteroatoms. The summed E-state index contributed by atoms with van der Waals surface area (Å²) in [4.78, 5) is 0. The summed E-state index contributed by atoms with van der Waals surface area (Å²) in [6, 6.07) is 8.48. The molecule has 0 radical (unpaired) electrons. The molecule has 2 aromatic heterocycles. The lowest BCUT2D eigenvalue weighted by Gasteiger charge is -2.12. The second-order valence-electron chi connectivity index (χ2n) is 6.53. The van der Waals surface area contributed by atoms with Crippen LogP contribution in [0.3, 0.4) is 0 Å². The largest absolute Gasteiger partial charge is 0.497 e. The van der Waals surface area contributed by atoms with Crippen molar-refractivity contribution in [1.82, 2.24) is 24.5 Å². The minimum absolute atomic E-state index is 0.0333. The lowest BCUT2D eigenvalue weighted by Crippen LogP contribution is -2.27.